The van der Waals surface area contributed by atoms with Gasteiger partial charge in [-0.25, -0.2) is 0 Å². The molecule has 94 valence electrons. The zero-order valence-electron chi connectivity index (χ0n) is 11.1. The predicted octanol–water partition coefficient (Wildman–Crippen LogP) is 4.04. The van der Waals surface area contributed by atoms with Crippen molar-refractivity contribution in [3.63, 3.8) is 0 Å². The summed E-state index contributed by atoms with van der Waals surface area (Å²) in [5.74, 6) is 0.763. The normalized spacial score (nSPS) is 29.9. The topological polar surface area (TPSA) is 20.2 Å². The summed E-state index contributed by atoms with van der Waals surface area (Å²) in [5.41, 5.74) is 1.89. The molecule has 2 unspecified atom stereocenters. The predicted molar refractivity (Wildman–Crippen MR) is 72.0 cm³/mol. The maximum Gasteiger partial charge on any atom is 0.0896 e. The van der Waals surface area contributed by atoms with Crippen LogP contribution in [-0.4, -0.2) is 5.11 Å². The molecule has 0 heterocycles. The fraction of sp³-hybridized carbons (Fsp3) is 0.625. The van der Waals surface area contributed by atoms with E-state index in [4.69, 9.17) is 0 Å². The number of hydrogen-bond acceptors (Lipinski definition) is 1. The number of aliphatic hydroxyl groups is 1. The van der Waals surface area contributed by atoms with Gasteiger partial charge in [0.2, 0.25) is 0 Å². The fourth-order valence-corrected chi connectivity index (χ4v) is 2.84. The van der Waals surface area contributed by atoms with E-state index < -0.39 is 5.60 Å². The highest BCUT2D eigenvalue weighted by Crippen LogP contribution is 2.37. The summed E-state index contributed by atoms with van der Waals surface area (Å²) < 4.78 is 0. The van der Waals surface area contributed by atoms with Crippen LogP contribution in [0.1, 0.15) is 57.1 Å². The van der Waals surface area contributed by atoms with Gasteiger partial charge in [0, 0.05) is 0 Å². The fourth-order valence-electron chi connectivity index (χ4n) is 2.84. The van der Waals surface area contributed by atoms with Crippen LogP contribution in [0, 0.1) is 5.92 Å². The third kappa shape index (κ3) is 2.90. The first kappa shape index (κ1) is 12.6. The summed E-state index contributed by atoms with van der Waals surface area (Å²) in [4.78, 5) is 0. The van der Waals surface area contributed by atoms with E-state index in [1.54, 1.807) is 0 Å². The summed E-state index contributed by atoms with van der Waals surface area (Å²) in [6.07, 6.45) is 6.45. The maximum absolute atomic E-state index is 10.8. The highest BCUT2D eigenvalue weighted by atomic mass is 16.3. The Morgan fingerprint density at radius 2 is 1.88 bits per heavy atom. The van der Waals surface area contributed by atoms with Crippen LogP contribution in [0.3, 0.4) is 0 Å². The third-order valence-corrected chi connectivity index (χ3v) is 4.24. The number of hydrogen-bond donors (Lipinski definition) is 1. The first-order chi connectivity index (χ1) is 8.14. The second-order valence-corrected chi connectivity index (χ2v) is 5.62. The zero-order valence-corrected chi connectivity index (χ0v) is 11.1. The first-order valence-corrected chi connectivity index (χ1v) is 6.96. The van der Waals surface area contributed by atoms with Gasteiger partial charge >= 0.3 is 0 Å². The Morgan fingerprint density at radius 1 is 1.18 bits per heavy atom. The van der Waals surface area contributed by atoms with E-state index in [1.807, 2.05) is 0 Å². The number of benzene rings is 1. The monoisotopic (exact) mass is 232 g/mol. The minimum atomic E-state index is -0.572. The minimum absolute atomic E-state index is 0.572. The average Bonchev–Trinajstić information content (AvgIpc) is 2.53. The van der Waals surface area contributed by atoms with Gasteiger partial charge in [0.15, 0.2) is 0 Å². The van der Waals surface area contributed by atoms with Crippen molar-refractivity contribution in [1.29, 1.82) is 0 Å². The molecular formula is C16H24O. The highest BCUT2D eigenvalue weighted by Gasteiger charge is 2.31. The van der Waals surface area contributed by atoms with Gasteiger partial charge in [-0.05, 0) is 49.1 Å². The van der Waals surface area contributed by atoms with Crippen LogP contribution in [0.2, 0.25) is 0 Å². The molecule has 1 aromatic rings. The van der Waals surface area contributed by atoms with Crippen LogP contribution >= 0.6 is 0 Å². The third-order valence-electron chi connectivity index (χ3n) is 4.24. The minimum Gasteiger partial charge on any atom is -0.385 e. The van der Waals surface area contributed by atoms with Gasteiger partial charge in [0.25, 0.3) is 0 Å². The van der Waals surface area contributed by atoms with Crippen LogP contribution < -0.4 is 0 Å². The van der Waals surface area contributed by atoms with Crippen LogP contribution in [0.25, 0.3) is 0 Å². The van der Waals surface area contributed by atoms with Crippen molar-refractivity contribution in [3.8, 4) is 0 Å². The molecule has 0 spiro atoms. The molecule has 1 heteroatoms. The number of aryl methyl sites for hydroxylation is 1. The van der Waals surface area contributed by atoms with E-state index in [2.05, 4.69) is 38.1 Å². The lowest BCUT2D eigenvalue weighted by atomic mass is 9.86. The smallest absolute Gasteiger partial charge is 0.0896 e. The van der Waals surface area contributed by atoms with Gasteiger partial charge in [-0.2, -0.15) is 0 Å². The first-order valence-electron chi connectivity index (χ1n) is 6.96. The van der Waals surface area contributed by atoms with Crippen LogP contribution in [0.15, 0.2) is 24.3 Å². The van der Waals surface area contributed by atoms with E-state index >= 15 is 0 Å². The summed E-state index contributed by atoms with van der Waals surface area (Å²) in [6.45, 7) is 4.46. The molecule has 1 N–H and O–H groups in total. The molecule has 1 saturated carbocycles. The van der Waals surface area contributed by atoms with Crippen molar-refractivity contribution >= 4 is 0 Å². The Hall–Kier alpha value is -0.820. The van der Waals surface area contributed by atoms with E-state index in [0.717, 1.165) is 43.6 Å². The second kappa shape index (κ2) is 5.22. The molecular weight excluding hydrogens is 208 g/mol. The Kier molecular flexibility index (Phi) is 3.88. The summed E-state index contributed by atoms with van der Waals surface area (Å²) >= 11 is 0. The summed E-state index contributed by atoms with van der Waals surface area (Å²) in [7, 11) is 0. The van der Waals surface area contributed by atoms with E-state index in [0.29, 0.717) is 0 Å². The van der Waals surface area contributed by atoms with Crippen molar-refractivity contribution < 1.29 is 5.11 Å². The largest absolute Gasteiger partial charge is 0.385 e. The SMILES string of the molecule is CCc1ccc(C2(O)CCCC(C)CC2)cc1. The molecule has 1 aromatic carbocycles. The molecule has 0 bridgehead atoms. The van der Waals surface area contributed by atoms with Crippen molar-refractivity contribution in [3.05, 3.63) is 35.4 Å². The van der Waals surface area contributed by atoms with Gasteiger partial charge in [-0.3, -0.25) is 0 Å². The van der Waals surface area contributed by atoms with Crippen LogP contribution in [0.4, 0.5) is 0 Å². The lowest BCUT2D eigenvalue weighted by molar-refractivity contribution is 0.0198. The van der Waals surface area contributed by atoms with Gasteiger partial charge in [0.05, 0.1) is 5.60 Å². The highest BCUT2D eigenvalue weighted by molar-refractivity contribution is 5.27. The standard InChI is InChI=1S/C16H24O/c1-3-14-6-8-15(9-7-14)16(17)11-4-5-13(2)10-12-16/h6-9,13,17H,3-5,10-12H2,1-2H3. The lowest BCUT2D eigenvalue weighted by Gasteiger charge is -2.27. The van der Waals surface area contributed by atoms with Crippen molar-refractivity contribution in [1.82, 2.24) is 0 Å². The second-order valence-electron chi connectivity index (χ2n) is 5.62. The molecule has 17 heavy (non-hydrogen) atoms. The molecule has 0 aromatic heterocycles. The molecule has 2 rings (SSSR count). The van der Waals surface area contributed by atoms with Crippen molar-refractivity contribution in [2.24, 2.45) is 5.92 Å². The molecule has 1 aliphatic rings. The van der Waals surface area contributed by atoms with E-state index in [1.165, 1.54) is 12.0 Å². The molecule has 1 nitrogen and oxygen atoms in total. The Morgan fingerprint density at radius 3 is 2.53 bits per heavy atom. The molecule has 0 amide bonds. The molecule has 0 aliphatic heterocycles. The van der Waals surface area contributed by atoms with Gasteiger partial charge in [0.1, 0.15) is 0 Å². The molecule has 0 saturated heterocycles. The average molecular weight is 232 g/mol. The Balaban J connectivity index is 2.17. The molecule has 2 atom stereocenters. The maximum atomic E-state index is 10.8. The van der Waals surface area contributed by atoms with Gasteiger partial charge in [-0.1, -0.05) is 44.5 Å². The van der Waals surface area contributed by atoms with Gasteiger partial charge in [-0.15, -0.1) is 0 Å². The van der Waals surface area contributed by atoms with E-state index in [-0.39, 0.29) is 0 Å². The molecule has 0 radical (unpaired) electrons. The van der Waals surface area contributed by atoms with Crippen LogP contribution in [0.5, 0.6) is 0 Å². The van der Waals surface area contributed by atoms with E-state index in [9.17, 15) is 5.11 Å². The van der Waals surface area contributed by atoms with Gasteiger partial charge < -0.3 is 5.11 Å². The van der Waals surface area contributed by atoms with Crippen molar-refractivity contribution in [2.75, 3.05) is 0 Å². The summed E-state index contributed by atoms with van der Waals surface area (Å²) in [6, 6.07) is 8.55. The molecule has 1 fully saturated rings. The molecule has 1 aliphatic carbocycles. The zero-order chi connectivity index (χ0) is 12.3. The van der Waals surface area contributed by atoms with Crippen molar-refractivity contribution in [2.45, 2.75) is 58.0 Å². The Labute approximate surface area is 105 Å². The van der Waals surface area contributed by atoms with Crippen LogP contribution in [-0.2, 0) is 12.0 Å². The Bertz CT molecular complexity index is 354. The summed E-state index contributed by atoms with van der Waals surface area (Å²) in [5, 5.41) is 10.8. The number of rotatable bonds is 2. The quantitative estimate of drug-likeness (QED) is 0.763. The lowest BCUT2D eigenvalue weighted by Crippen LogP contribution is -2.24.